The second kappa shape index (κ2) is 6.06. The van der Waals surface area contributed by atoms with Crippen LogP contribution >= 0.6 is 0 Å². The largest absolute Gasteiger partial charge is 0.508 e. The van der Waals surface area contributed by atoms with E-state index in [0.29, 0.717) is 6.54 Å². The van der Waals surface area contributed by atoms with Gasteiger partial charge >= 0.3 is 0 Å². The van der Waals surface area contributed by atoms with Gasteiger partial charge in [0, 0.05) is 19.3 Å². The highest BCUT2D eigenvalue weighted by Crippen LogP contribution is 2.26. The molecule has 4 nitrogen and oxygen atoms in total. The zero-order valence-electron chi connectivity index (χ0n) is 12.2. The number of hydrogen-bond acceptors (Lipinski definition) is 3. The number of benzene rings is 1. The average Bonchev–Trinajstić information content (AvgIpc) is 2.34. The molecule has 0 bridgehead atoms. The zero-order chi connectivity index (χ0) is 14.6. The van der Waals surface area contributed by atoms with Gasteiger partial charge in [0.25, 0.3) is 0 Å². The second-order valence-electron chi connectivity index (χ2n) is 6.11. The fourth-order valence-corrected chi connectivity index (χ4v) is 2.09. The van der Waals surface area contributed by atoms with Gasteiger partial charge in [0.1, 0.15) is 5.75 Å². The molecule has 0 radical (unpaired) electrons. The Labute approximate surface area is 115 Å². The number of carbonyl (C=O) groups excluding carboxylic acids is 1. The molecule has 3 N–H and O–H groups in total. The van der Waals surface area contributed by atoms with Crippen molar-refractivity contribution in [2.75, 3.05) is 18.5 Å². The third-order valence-corrected chi connectivity index (χ3v) is 3.06. The van der Waals surface area contributed by atoms with E-state index in [-0.39, 0.29) is 23.0 Å². The number of amides is 1. The summed E-state index contributed by atoms with van der Waals surface area (Å²) >= 11 is 0. The summed E-state index contributed by atoms with van der Waals surface area (Å²) in [6, 6.07) is 6.58. The molecule has 0 aliphatic heterocycles. The monoisotopic (exact) mass is 264 g/mol. The van der Waals surface area contributed by atoms with Gasteiger partial charge in [0.15, 0.2) is 0 Å². The standard InChI is InChI=1S/C15H24N2O2/c1-15(2,3)9-11(10-16)14(19)17(4)12-5-7-13(18)8-6-12/h5-8,11,18H,9-10,16H2,1-4H3. The zero-order valence-corrected chi connectivity index (χ0v) is 12.2. The molecule has 1 aromatic rings. The van der Waals surface area contributed by atoms with Crippen LogP contribution in [0.5, 0.6) is 5.75 Å². The number of hydrogen-bond donors (Lipinski definition) is 2. The number of phenols is 1. The van der Waals surface area contributed by atoms with Gasteiger partial charge in [-0.05, 0) is 36.1 Å². The van der Waals surface area contributed by atoms with Gasteiger partial charge in [-0.3, -0.25) is 4.79 Å². The Kier molecular flexibility index (Phi) is 4.95. The lowest BCUT2D eigenvalue weighted by Gasteiger charge is -2.28. The van der Waals surface area contributed by atoms with E-state index < -0.39 is 0 Å². The summed E-state index contributed by atoms with van der Waals surface area (Å²) in [5.41, 5.74) is 6.56. The van der Waals surface area contributed by atoms with E-state index in [2.05, 4.69) is 20.8 Å². The SMILES string of the molecule is CN(C(=O)C(CN)CC(C)(C)C)c1ccc(O)cc1. The van der Waals surface area contributed by atoms with E-state index in [1.54, 1.807) is 36.2 Å². The Balaban J connectivity index is 2.82. The molecule has 1 unspecified atom stereocenters. The molecule has 0 fully saturated rings. The van der Waals surface area contributed by atoms with Gasteiger partial charge < -0.3 is 15.7 Å². The van der Waals surface area contributed by atoms with Crippen LogP contribution in [-0.4, -0.2) is 24.6 Å². The summed E-state index contributed by atoms with van der Waals surface area (Å²) in [5.74, 6) is 0.0246. The molecular formula is C15H24N2O2. The normalized spacial score (nSPS) is 13.1. The van der Waals surface area contributed by atoms with E-state index >= 15 is 0 Å². The lowest BCUT2D eigenvalue weighted by molar-refractivity contribution is -0.122. The average molecular weight is 264 g/mol. The minimum absolute atomic E-state index is 0.0168. The lowest BCUT2D eigenvalue weighted by atomic mass is 9.84. The van der Waals surface area contributed by atoms with E-state index in [1.807, 2.05) is 0 Å². The van der Waals surface area contributed by atoms with Crippen molar-refractivity contribution in [3.8, 4) is 5.75 Å². The first kappa shape index (κ1) is 15.5. The molecule has 1 amide bonds. The topological polar surface area (TPSA) is 66.6 Å². The molecule has 0 aliphatic carbocycles. The highest BCUT2D eigenvalue weighted by molar-refractivity contribution is 5.94. The molecule has 4 heteroatoms. The molecule has 1 atom stereocenters. The Hall–Kier alpha value is -1.55. The number of carbonyl (C=O) groups is 1. The number of nitrogens with two attached hydrogens (primary N) is 1. The molecule has 106 valence electrons. The van der Waals surface area contributed by atoms with Crippen LogP contribution in [0.15, 0.2) is 24.3 Å². The Morgan fingerprint density at radius 2 is 1.84 bits per heavy atom. The first-order chi connectivity index (χ1) is 8.74. The Bertz CT molecular complexity index is 421. The Morgan fingerprint density at radius 1 is 1.32 bits per heavy atom. The number of rotatable bonds is 4. The van der Waals surface area contributed by atoms with Crippen LogP contribution in [0.1, 0.15) is 27.2 Å². The predicted octanol–water partition coefficient (Wildman–Crippen LogP) is 2.37. The molecule has 19 heavy (non-hydrogen) atoms. The molecule has 0 saturated heterocycles. The maximum absolute atomic E-state index is 12.4. The van der Waals surface area contributed by atoms with Gasteiger partial charge in [-0.25, -0.2) is 0 Å². The number of phenolic OH excluding ortho intramolecular Hbond substituents is 1. The minimum atomic E-state index is -0.182. The van der Waals surface area contributed by atoms with Crippen molar-refractivity contribution in [1.82, 2.24) is 0 Å². The van der Waals surface area contributed by atoms with Gasteiger partial charge in [0.2, 0.25) is 5.91 Å². The summed E-state index contributed by atoms with van der Waals surface area (Å²) in [5, 5.41) is 9.26. The maximum Gasteiger partial charge on any atom is 0.231 e. The summed E-state index contributed by atoms with van der Waals surface area (Å²) in [4.78, 5) is 14.0. The van der Waals surface area contributed by atoms with E-state index in [0.717, 1.165) is 12.1 Å². The first-order valence-electron chi connectivity index (χ1n) is 6.51. The third kappa shape index (κ3) is 4.56. The van der Waals surface area contributed by atoms with Gasteiger partial charge in [-0.1, -0.05) is 20.8 Å². The minimum Gasteiger partial charge on any atom is -0.508 e. The van der Waals surface area contributed by atoms with Crippen molar-refractivity contribution < 1.29 is 9.90 Å². The lowest BCUT2D eigenvalue weighted by Crippen LogP contribution is -2.38. The van der Waals surface area contributed by atoms with Crippen molar-refractivity contribution in [3.05, 3.63) is 24.3 Å². The van der Waals surface area contributed by atoms with Gasteiger partial charge in [-0.2, -0.15) is 0 Å². The Morgan fingerprint density at radius 3 is 2.26 bits per heavy atom. The molecule has 0 heterocycles. The van der Waals surface area contributed by atoms with E-state index in [4.69, 9.17) is 5.73 Å². The fraction of sp³-hybridized carbons (Fsp3) is 0.533. The van der Waals surface area contributed by atoms with Crippen LogP contribution in [0.3, 0.4) is 0 Å². The predicted molar refractivity (Wildman–Crippen MR) is 78.1 cm³/mol. The van der Waals surface area contributed by atoms with E-state index in [9.17, 15) is 9.90 Å². The molecule has 0 spiro atoms. The third-order valence-electron chi connectivity index (χ3n) is 3.06. The van der Waals surface area contributed by atoms with Crippen molar-refractivity contribution in [2.24, 2.45) is 17.1 Å². The van der Waals surface area contributed by atoms with Crippen molar-refractivity contribution in [1.29, 1.82) is 0 Å². The van der Waals surface area contributed by atoms with Crippen LogP contribution in [-0.2, 0) is 4.79 Å². The molecule has 0 saturated carbocycles. The van der Waals surface area contributed by atoms with Crippen molar-refractivity contribution in [2.45, 2.75) is 27.2 Å². The van der Waals surface area contributed by atoms with Crippen LogP contribution < -0.4 is 10.6 Å². The maximum atomic E-state index is 12.4. The van der Waals surface area contributed by atoms with Crippen molar-refractivity contribution in [3.63, 3.8) is 0 Å². The summed E-state index contributed by atoms with van der Waals surface area (Å²) < 4.78 is 0. The number of anilines is 1. The quantitative estimate of drug-likeness (QED) is 0.877. The summed E-state index contributed by atoms with van der Waals surface area (Å²) in [6.07, 6.45) is 0.755. The van der Waals surface area contributed by atoms with Gasteiger partial charge in [0.05, 0.1) is 5.92 Å². The van der Waals surface area contributed by atoms with Crippen LogP contribution in [0.2, 0.25) is 0 Å². The van der Waals surface area contributed by atoms with Crippen LogP contribution in [0, 0.1) is 11.3 Å². The summed E-state index contributed by atoms with van der Waals surface area (Å²) in [6.45, 7) is 6.65. The first-order valence-corrected chi connectivity index (χ1v) is 6.51. The molecule has 1 aromatic carbocycles. The number of nitrogens with zero attached hydrogens (tertiary/aromatic N) is 1. The highest BCUT2D eigenvalue weighted by Gasteiger charge is 2.26. The van der Waals surface area contributed by atoms with Gasteiger partial charge in [-0.15, -0.1) is 0 Å². The molecular weight excluding hydrogens is 240 g/mol. The van der Waals surface area contributed by atoms with Crippen LogP contribution in [0.4, 0.5) is 5.69 Å². The summed E-state index contributed by atoms with van der Waals surface area (Å²) in [7, 11) is 1.74. The second-order valence-corrected chi connectivity index (χ2v) is 6.11. The van der Waals surface area contributed by atoms with Crippen molar-refractivity contribution >= 4 is 11.6 Å². The molecule has 1 rings (SSSR count). The van der Waals surface area contributed by atoms with Crippen LogP contribution in [0.25, 0.3) is 0 Å². The van der Waals surface area contributed by atoms with E-state index in [1.165, 1.54) is 0 Å². The molecule has 0 aromatic heterocycles. The molecule has 0 aliphatic rings. The highest BCUT2D eigenvalue weighted by atomic mass is 16.3. The fourth-order valence-electron chi connectivity index (χ4n) is 2.09. The smallest absolute Gasteiger partial charge is 0.231 e. The number of aromatic hydroxyl groups is 1.